The van der Waals surface area contributed by atoms with Gasteiger partial charge in [0, 0.05) is 30.6 Å². The van der Waals surface area contributed by atoms with E-state index in [1.54, 1.807) is 34.6 Å². The Morgan fingerprint density at radius 3 is 2.14 bits per heavy atom. The summed E-state index contributed by atoms with van der Waals surface area (Å²) in [6, 6.07) is 7.48. The van der Waals surface area contributed by atoms with E-state index < -0.39 is 100 Å². The van der Waals surface area contributed by atoms with Crippen LogP contribution in [0, 0.1) is 27.9 Å². The molecule has 2 aliphatic heterocycles. The number of carbonyl (C=O) groups is 8. The van der Waals surface area contributed by atoms with Crippen molar-refractivity contribution in [3.63, 3.8) is 0 Å². The van der Waals surface area contributed by atoms with E-state index in [-0.39, 0.29) is 42.8 Å². The molecule has 59 heavy (non-hydrogen) atoms. The van der Waals surface area contributed by atoms with E-state index in [4.69, 9.17) is 4.74 Å². The van der Waals surface area contributed by atoms with Gasteiger partial charge >= 0.3 is 11.8 Å². The van der Waals surface area contributed by atoms with Crippen LogP contribution in [0.1, 0.15) is 87.1 Å². The zero-order valence-corrected chi connectivity index (χ0v) is 33.8. The average molecular weight is 820 g/mol. The molecule has 0 bridgehead atoms. The number of amides is 7. The Kier molecular flexibility index (Phi) is 15.8. The normalized spacial score (nSPS) is 17.5. The van der Waals surface area contributed by atoms with Gasteiger partial charge in [-0.05, 0) is 54.3 Å². The van der Waals surface area contributed by atoms with Gasteiger partial charge in [-0.15, -0.1) is 0 Å². The predicted molar refractivity (Wildman–Crippen MR) is 208 cm³/mol. The summed E-state index contributed by atoms with van der Waals surface area (Å²) in [4.78, 5) is 117. The standard InChI is InChI=1S/C40H50N8O11/c1-21(2)17-29(44-39(55)34(23(5)59-20-25-11-8-7-9-12-25)45-38(54)33(22(3)4)42-24(6)49)36(52)43-28(18-26-15-16-41-35(26)51)31(50)19-47-40(56)27-13-10-14-30(48(57)58)32(27)37(53)46-47/h7-14,21-23,26,28-29,33-34H,15-20H2,1-6H3,(H4-,41,42,43,44,45,49,51,52,54,55)/p+1/t23?,26-,28-,29-,33-,34-/m0/s1. The summed E-state index contributed by atoms with van der Waals surface area (Å²) in [5.74, 6) is -7.24. The van der Waals surface area contributed by atoms with Gasteiger partial charge in [0.05, 0.1) is 23.7 Å². The lowest BCUT2D eigenvalue weighted by molar-refractivity contribution is -0.483. The number of Topliss-reactive ketones (excluding diaryl/α,β-unsaturated/α-hetero) is 1. The Hall–Kier alpha value is -6.24. The highest BCUT2D eigenvalue weighted by molar-refractivity contribution is 6.10. The van der Waals surface area contributed by atoms with Crippen molar-refractivity contribution in [3.8, 4) is 0 Å². The van der Waals surface area contributed by atoms with Gasteiger partial charge in [0.2, 0.25) is 41.9 Å². The van der Waals surface area contributed by atoms with Crippen LogP contribution in [0.2, 0.25) is 0 Å². The third kappa shape index (κ3) is 12.1. The minimum absolute atomic E-state index is 0.0623. The van der Waals surface area contributed by atoms with Gasteiger partial charge in [-0.3, -0.25) is 43.7 Å². The number of nitro benzene ring substituents is 1. The number of nitrogens with one attached hydrogen (secondary N) is 5. The lowest BCUT2D eigenvalue weighted by Crippen LogP contribution is -2.61. The molecule has 2 heterocycles. The Labute approximate surface area is 340 Å². The molecule has 19 heteroatoms. The number of hydrogen-bond donors (Lipinski definition) is 5. The monoisotopic (exact) mass is 819 g/mol. The zero-order valence-electron chi connectivity index (χ0n) is 33.8. The second-order valence-corrected chi connectivity index (χ2v) is 15.4. The van der Waals surface area contributed by atoms with Crippen molar-refractivity contribution in [3.05, 3.63) is 75.3 Å². The molecule has 0 spiro atoms. The molecular formula is C40H51N8O11+. The fourth-order valence-corrected chi connectivity index (χ4v) is 6.76. The van der Waals surface area contributed by atoms with Crippen molar-refractivity contribution in [2.45, 2.75) is 97.7 Å². The van der Waals surface area contributed by atoms with Gasteiger partial charge in [-0.2, -0.15) is 0 Å². The first kappa shape index (κ1) is 45.5. The molecule has 1 fully saturated rings. The molecule has 1 unspecified atom stereocenters. The SMILES string of the molecule is CC(=O)N[C@H](C(=O)N[C@H](C(=O)N[C@@H](CC(C)C)C(=O)N[C@@H](C[C@@H]1CCNC1=O)C(=O)C[N+]1=NC(=O)c2c(cccc2[N+](=O)[O-])C1=O)C(C)OCc1ccccc1)C(C)C. The first-order valence-electron chi connectivity index (χ1n) is 19.4. The summed E-state index contributed by atoms with van der Waals surface area (Å²) in [5, 5.41) is 28.5. The second kappa shape index (κ2) is 20.4. The summed E-state index contributed by atoms with van der Waals surface area (Å²) in [6.45, 7) is 9.44. The second-order valence-electron chi connectivity index (χ2n) is 15.4. The van der Waals surface area contributed by atoms with Crippen LogP contribution in [0.25, 0.3) is 0 Å². The largest absolute Gasteiger partial charge is 0.445 e. The highest BCUT2D eigenvalue weighted by Crippen LogP contribution is 2.27. The average Bonchev–Trinajstić information content (AvgIpc) is 3.59. The van der Waals surface area contributed by atoms with Crippen molar-refractivity contribution >= 4 is 52.8 Å². The number of ether oxygens (including phenoxy) is 1. The molecule has 2 aliphatic rings. The molecule has 5 N–H and O–H groups in total. The van der Waals surface area contributed by atoms with Crippen LogP contribution in [0.4, 0.5) is 5.69 Å². The third-order valence-corrected chi connectivity index (χ3v) is 9.88. The van der Waals surface area contributed by atoms with Crippen LogP contribution < -0.4 is 26.6 Å². The predicted octanol–water partition coefficient (Wildman–Crippen LogP) is 1.72. The fraction of sp³-hybridized carbons (Fsp3) is 0.500. The van der Waals surface area contributed by atoms with Crippen molar-refractivity contribution in [2.75, 3.05) is 13.1 Å². The molecule has 7 amide bonds. The molecule has 2 aromatic carbocycles. The molecular weight excluding hydrogens is 768 g/mol. The van der Waals surface area contributed by atoms with Crippen LogP contribution >= 0.6 is 0 Å². The van der Waals surface area contributed by atoms with E-state index >= 15 is 0 Å². The van der Waals surface area contributed by atoms with E-state index in [0.717, 1.165) is 11.6 Å². The zero-order chi connectivity index (χ0) is 43.6. The molecule has 2 aromatic rings. The number of rotatable bonds is 20. The smallest absolute Gasteiger partial charge is 0.371 e. The highest BCUT2D eigenvalue weighted by atomic mass is 16.6. The lowest BCUT2D eigenvalue weighted by atomic mass is 9.94. The van der Waals surface area contributed by atoms with Gasteiger partial charge in [-0.1, -0.05) is 64.1 Å². The molecule has 6 atom stereocenters. The Morgan fingerprint density at radius 1 is 0.881 bits per heavy atom. The Morgan fingerprint density at radius 2 is 1.54 bits per heavy atom. The van der Waals surface area contributed by atoms with Gasteiger partial charge in [-0.25, -0.2) is 4.79 Å². The quantitative estimate of drug-likeness (QED) is 0.0730. The van der Waals surface area contributed by atoms with E-state index in [1.165, 1.54) is 19.1 Å². The first-order chi connectivity index (χ1) is 27.9. The van der Waals surface area contributed by atoms with Crippen molar-refractivity contribution < 1.29 is 52.7 Å². The number of azo groups is 2. The van der Waals surface area contributed by atoms with Crippen molar-refractivity contribution in [1.82, 2.24) is 26.6 Å². The van der Waals surface area contributed by atoms with Crippen LogP contribution in [-0.4, -0.2) is 100 Å². The van der Waals surface area contributed by atoms with Gasteiger partial charge in [0.15, 0.2) is 0 Å². The van der Waals surface area contributed by atoms with E-state index in [1.807, 2.05) is 30.3 Å². The molecule has 19 nitrogen and oxygen atoms in total. The number of ketones is 1. The molecule has 0 radical (unpaired) electrons. The Bertz CT molecular complexity index is 2000. The molecule has 316 valence electrons. The van der Waals surface area contributed by atoms with E-state index in [9.17, 15) is 48.5 Å². The number of hydrogen-bond acceptors (Lipinski definition) is 11. The molecule has 4 rings (SSSR count). The van der Waals surface area contributed by atoms with Crippen LogP contribution in [0.5, 0.6) is 0 Å². The maximum absolute atomic E-state index is 14.2. The Balaban J connectivity index is 1.60. The van der Waals surface area contributed by atoms with Crippen LogP contribution in [-0.2, 0) is 40.1 Å². The molecule has 0 saturated carbocycles. The summed E-state index contributed by atoms with van der Waals surface area (Å²) in [6.07, 6.45) is -0.750. The fourth-order valence-electron chi connectivity index (χ4n) is 6.76. The van der Waals surface area contributed by atoms with Gasteiger partial charge in [0.25, 0.3) is 5.69 Å². The number of carbonyl (C=O) groups excluding carboxylic acids is 8. The van der Waals surface area contributed by atoms with Crippen molar-refractivity contribution in [1.29, 1.82) is 0 Å². The lowest BCUT2D eigenvalue weighted by Gasteiger charge is -2.30. The molecule has 0 aromatic heterocycles. The highest BCUT2D eigenvalue weighted by Gasteiger charge is 2.43. The number of fused-ring (bicyclic) bond motifs is 1. The van der Waals surface area contributed by atoms with E-state index in [0.29, 0.717) is 17.7 Å². The van der Waals surface area contributed by atoms with Crippen molar-refractivity contribution in [2.24, 2.45) is 22.9 Å². The maximum atomic E-state index is 14.2. The molecule has 1 saturated heterocycles. The molecule has 0 aliphatic carbocycles. The van der Waals surface area contributed by atoms with Gasteiger partial charge in [0.1, 0.15) is 29.3 Å². The summed E-state index contributed by atoms with van der Waals surface area (Å²) < 4.78 is 6.58. The summed E-state index contributed by atoms with van der Waals surface area (Å²) in [5.41, 5.74) is -0.684. The number of nitrogens with zero attached hydrogens (tertiary/aromatic N) is 3. The minimum Gasteiger partial charge on any atom is -0.371 e. The maximum Gasteiger partial charge on any atom is 0.445 e. The number of benzene rings is 2. The summed E-state index contributed by atoms with van der Waals surface area (Å²) in [7, 11) is 0. The minimum atomic E-state index is -1.42. The van der Waals surface area contributed by atoms with Crippen LogP contribution in [0.3, 0.4) is 0 Å². The van der Waals surface area contributed by atoms with E-state index in [2.05, 4.69) is 31.7 Å². The number of nitro groups is 1. The third-order valence-electron chi connectivity index (χ3n) is 9.88. The summed E-state index contributed by atoms with van der Waals surface area (Å²) >= 11 is 0. The van der Waals surface area contributed by atoms with Gasteiger partial charge < -0.3 is 31.3 Å². The first-order valence-corrected chi connectivity index (χ1v) is 19.4. The topological polar surface area (TPSA) is 264 Å². The van der Waals surface area contributed by atoms with Crippen LogP contribution in [0.15, 0.2) is 53.6 Å².